The predicted molar refractivity (Wildman–Crippen MR) is 262 cm³/mol. The van der Waals surface area contributed by atoms with Crippen LogP contribution in [0.3, 0.4) is 0 Å². The van der Waals surface area contributed by atoms with E-state index in [4.69, 9.17) is 24.9 Å². The molecule has 4 aromatic carbocycles. The maximum absolute atomic E-state index is 12.5. The standard InChI is InChI=1S/C21H21NO2.C17H17NO2.C8H13NO2.C4H6Br2.ClH/c1-3-18-15-21(18,20(23)24-4-2)22-19(16-11-7-5-8-12-16)17-13-9-6-10-14-17;1-2-20-16(19)13-18-17(14-9-5-3-6-10-14)15-11-7-4-8-12-15;1-3-6-5-8(6,9)7(10)11-4-2;5-3-1-2-4-6;/h3,5-14,18H,1,4,15H2,2H3;3-12H,2,13H2,1H3;3,6H,1,4-5,9H2,2H3;1-2H,3-4H2;1H. The summed E-state index contributed by atoms with van der Waals surface area (Å²) in [6, 6.07) is 39.5. The third kappa shape index (κ3) is 16.4. The van der Waals surface area contributed by atoms with Crippen LogP contribution in [-0.2, 0) is 28.6 Å². The molecule has 0 spiro atoms. The fraction of sp³-hybridized carbons (Fsp3) is 0.300. The summed E-state index contributed by atoms with van der Waals surface area (Å²) in [6.07, 6.45) is 8.93. The van der Waals surface area contributed by atoms with Gasteiger partial charge in [-0.2, -0.15) is 0 Å². The van der Waals surface area contributed by atoms with E-state index in [9.17, 15) is 14.4 Å². The van der Waals surface area contributed by atoms with Crippen LogP contribution in [0.2, 0.25) is 0 Å². The second-order valence-corrected chi connectivity index (χ2v) is 15.0. The summed E-state index contributed by atoms with van der Waals surface area (Å²) in [5, 5.41) is 1.91. The van der Waals surface area contributed by atoms with E-state index in [-0.39, 0.29) is 48.7 Å². The number of aliphatic imine (C=N–C) groups is 2. The Labute approximate surface area is 390 Å². The van der Waals surface area contributed by atoms with Gasteiger partial charge in [0.15, 0.2) is 5.54 Å². The third-order valence-corrected chi connectivity index (χ3v) is 10.2. The molecule has 2 aliphatic carbocycles. The smallest absolute Gasteiger partial charge is 0.334 e. The minimum absolute atomic E-state index is 0. The summed E-state index contributed by atoms with van der Waals surface area (Å²) >= 11 is 6.49. The number of esters is 3. The SMILES string of the molecule is BrCC=CCBr.C=CC1CC1(N)C(=O)OCC.C=CC1CC1(N=C(c1ccccc1)c1ccccc1)C(=O)OCC.CCOC(=O)CN=C(c1ccccc1)c1ccccc1.Cl. The molecule has 0 aromatic heterocycles. The number of allylic oxidation sites excluding steroid dienone is 2. The molecule has 2 saturated carbocycles. The van der Waals surface area contributed by atoms with Gasteiger partial charge in [-0.25, -0.2) is 4.79 Å². The first-order valence-electron chi connectivity index (χ1n) is 20.3. The van der Waals surface area contributed by atoms with Crippen LogP contribution in [0.25, 0.3) is 0 Å². The van der Waals surface area contributed by atoms with Crippen LogP contribution >= 0.6 is 44.3 Å². The summed E-state index contributed by atoms with van der Waals surface area (Å²) < 4.78 is 15.0. The van der Waals surface area contributed by atoms with Gasteiger partial charge in [0, 0.05) is 44.7 Å². The second-order valence-electron chi connectivity index (χ2n) is 13.7. The Bertz CT molecular complexity index is 1980. The molecule has 6 rings (SSSR count). The molecule has 4 aromatic rings. The fourth-order valence-corrected chi connectivity index (χ4v) is 6.55. The lowest BCUT2D eigenvalue weighted by atomic mass is 10.0. The van der Waals surface area contributed by atoms with Gasteiger partial charge in [0.05, 0.1) is 31.2 Å². The maximum Gasteiger partial charge on any atom is 0.334 e. The number of carbonyl (C=O) groups is 3. The van der Waals surface area contributed by atoms with Crippen molar-refractivity contribution < 1.29 is 28.6 Å². The molecule has 4 atom stereocenters. The summed E-state index contributed by atoms with van der Waals surface area (Å²) in [7, 11) is 0. The molecule has 330 valence electrons. The monoisotopic (exact) mass is 989 g/mol. The van der Waals surface area contributed by atoms with Crippen molar-refractivity contribution >= 4 is 73.6 Å². The van der Waals surface area contributed by atoms with E-state index in [1.807, 2.05) is 128 Å². The zero-order valence-corrected chi connectivity index (χ0v) is 39.7. The summed E-state index contributed by atoms with van der Waals surface area (Å²) in [5.74, 6) is -0.735. The highest BCUT2D eigenvalue weighted by atomic mass is 79.9. The Morgan fingerprint density at radius 1 is 0.629 bits per heavy atom. The number of rotatable bonds is 16. The average molecular weight is 992 g/mol. The highest BCUT2D eigenvalue weighted by Crippen LogP contribution is 2.49. The number of halogens is 3. The molecule has 4 unspecified atom stereocenters. The second kappa shape index (κ2) is 28.6. The van der Waals surface area contributed by atoms with Gasteiger partial charge in [0.1, 0.15) is 12.1 Å². The van der Waals surface area contributed by atoms with Gasteiger partial charge in [-0.3, -0.25) is 19.6 Å². The maximum atomic E-state index is 12.5. The normalized spacial score (nSPS) is 18.7. The molecule has 2 aliphatic rings. The molecule has 0 bridgehead atoms. The third-order valence-electron chi connectivity index (χ3n) is 9.41. The first-order chi connectivity index (χ1) is 29.6. The Balaban J connectivity index is 0.000000313. The molecule has 0 radical (unpaired) electrons. The number of benzene rings is 4. The first kappa shape index (κ1) is 53.2. The summed E-state index contributed by atoms with van der Waals surface area (Å²) in [4.78, 5) is 44.4. The van der Waals surface area contributed by atoms with Crippen LogP contribution in [0.15, 0.2) is 169 Å². The van der Waals surface area contributed by atoms with Crippen LogP contribution in [0, 0.1) is 11.8 Å². The Hall–Kier alpha value is -4.94. The minimum Gasteiger partial charge on any atom is -0.465 e. The first-order valence-corrected chi connectivity index (χ1v) is 22.5. The highest BCUT2D eigenvalue weighted by Gasteiger charge is 2.60. The molecule has 2 fully saturated rings. The van der Waals surface area contributed by atoms with Crippen molar-refractivity contribution in [1.82, 2.24) is 0 Å². The Kier molecular flexibility index (Phi) is 24.6. The van der Waals surface area contributed by atoms with Crippen molar-refractivity contribution in [2.24, 2.45) is 27.6 Å². The Morgan fingerprint density at radius 2 is 1.02 bits per heavy atom. The number of hydrogen-bond acceptors (Lipinski definition) is 9. The van der Waals surface area contributed by atoms with Crippen molar-refractivity contribution in [2.45, 2.75) is 44.7 Å². The van der Waals surface area contributed by atoms with Gasteiger partial charge < -0.3 is 19.9 Å². The minimum atomic E-state index is -0.835. The highest BCUT2D eigenvalue weighted by molar-refractivity contribution is 9.09. The lowest BCUT2D eigenvalue weighted by Crippen LogP contribution is -2.36. The van der Waals surface area contributed by atoms with Gasteiger partial charge in [-0.05, 0) is 33.6 Å². The van der Waals surface area contributed by atoms with E-state index in [0.29, 0.717) is 32.7 Å². The number of carbonyl (C=O) groups excluding carboxylic acids is 3. The van der Waals surface area contributed by atoms with Gasteiger partial charge in [-0.15, -0.1) is 25.6 Å². The van der Waals surface area contributed by atoms with Crippen LogP contribution in [0.4, 0.5) is 0 Å². The quantitative estimate of drug-likeness (QED) is 0.0389. The number of nitrogens with zero attached hydrogens (tertiary/aromatic N) is 2. The predicted octanol–water partition coefficient (Wildman–Crippen LogP) is 10.3. The average Bonchev–Trinajstić information content (AvgIpc) is 4.21. The molecular weight excluding hydrogens is 934 g/mol. The van der Waals surface area contributed by atoms with Gasteiger partial charge in [-0.1, -0.05) is 177 Å². The van der Waals surface area contributed by atoms with E-state index in [1.165, 1.54) is 0 Å². The number of nitrogens with two attached hydrogens (primary N) is 1. The molecule has 0 saturated heterocycles. The van der Waals surface area contributed by atoms with Crippen molar-refractivity contribution in [3.05, 3.63) is 181 Å². The zero-order chi connectivity index (χ0) is 44.5. The van der Waals surface area contributed by atoms with Crippen LogP contribution < -0.4 is 5.73 Å². The Morgan fingerprint density at radius 3 is 1.35 bits per heavy atom. The lowest BCUT2D eigenvalue weighted by molar-refractivity contribution is -0.146. The van der Waals surface area contributed by atoms with E-state index < -0.39 is 11.1 Å². The van der Waals surface area contributed by atoms with Crippen LogP contribution in [-0.4, -0.2) is 77.4 Å². The van der Waals surface area contributed by atoms with E-state index in [0.717, 1.165) is 44.3 Å². The number of ether oxygens (including phenoxy) is 3. The zero-order valence-electron chi connectivity index (χ0n) is 35.7. The van der Waals surface area contributed by atoms with Crippen molar-refractivity contribution in [2.75, 3.05) is 37.0 Å². The number of hydrogen-bond donors (Lipinski definition) is 1. The number of alkyl halides is 2. The molecule has 9 nitrogen and oxygen atoms in total. The molecule has 0 amide bonds. The van der Waals surface area contributed by atoms with Crippen molar-refractivity contribution in [1.29, 1.82) is 0 Å². The summed E-state index contributed by atoms with van der Waals surface area (Å²) in [5.41, 5.74) is 9.67. The van der Waals surface area contributed by atoms with Gasteiger partial charge in [0.2, 0.25) is 0 Å². The molecule has 0 aliphatic heterocycles. The fourth-order valence-electron chi connectivity index (χ4n) is 6.02. The van der Waals surface area contributed by atoms with Crippen molar-refractivity contribution in [3.63, 3.8) is 0 Å². The van der Waals surface area contributed by atoms with Gasteiger partial charge >= 0.3 is 17.9 Å². The van der Waals surface area contributed by atoms with Gasteiger partial charge in [0.25, 0.3) is 0 Å². The lowest BCUT2D eigenvalue weighted by Gasteiger charge is -2.15. The molecule has 62 heavy (non-hydrogen) atoms. The summed E-state index contributed by atoms with van der Waals surface area (Å²) in [6.45, 7) is 13.9. The molecular formula is C50H58Br2ClN3O6. The molecule has 12 heteroatoms. The largest absolute Gasteiger partial charge is 0.465 e. The van der Waals surface area contributed by atoms with E-state index >= 15 is 0 Å². The van der Waals surface area contributed by atoms with Crippen LogP contribution in [0.5, 0.6) is 0 Å². The molecule has 0 heterocycles. The van der Waals surface area contributed by atoms with E-state index in [2.05, 4.69) is 62.2 Å². The molecule has 2 N–H and O–H groups in total. The van der Waals surface area contributed by atoms with Crippen molar-refractivity contribution in [3.8, 4) is 0 Å². The topological polar surface area (TPSA) is 130 Å². The van der Waals surface area contributed by atoms with Crippen LogP contribution in [0.1, 0.15) is 55.9 Å². The van der Waals surface area contributed by atoms with E-state index in [1.54, 1.807) is 26.0 Å².